The molecule has 0 saturated heterocycles. The van der Waals surface area contributed by atoms with Gasteiger partial charge < -0.3 is 18.9 Å². The maximum absolute atomic E-state index is 12.5. The zero-order valence-electron chi connectivity index (χ0n) is 16.0. The summed E-state index contributed by atoms with van der Waals surface area (Å²) in [6.45, 7) is -1.20. The van der Waals surface area contributed by atoms with Gasteiger partial charge in [0.2, 0.25) is 0 Å². The van der Waals surface area contributed by atoms with E-state index in [2.05, 4.69) is 15.6 Å². The van der Waals surface area contributed by atoms with E-state index in [1.807, 2.05) is 0 Å². The molecule has 0 atom stereocenters. The zero-order valence-corrected chi connectivity index (χ0v) is 16.0. The Morgan fingerprint density at radius 2 is 1.48 bits per heavy atom. The van der Waals surface area contributed by atoms with Crippen LogP contribution in [0.3, 0.4) is 0 Å². The van der Waals surface area contributed by atoms with Crippen LogP contribution in [0, 0.1) is 0 Å². The average Bonchev–Trinajstić information content (AvgIpc) is 2.72. The molecule has 8 nitrogen and oxygen atoms in total. The number of methoxy groups -OCH3 is 2. The molecule has 0 spiro atoms. The molecule has 10 heteroatoms. The van der Waals surface area contributed by atoms with E-state index in [9.17, 15) is 18.4 Å². The fourth-order valence-electron chi connectivity index (χ4n) is 2.31. The summed E-state index contributed by atoms with van der Waals surface area (Å²) in [5, 5.41) is 0. The van der Waals surface area contributed by atoms with Crippen LogP contribution in [0.1, 0.15) is 27.6 Å². The summed E-state index contributed by atoms with van der Waals surface area (Å²) in [5.74, 6) is -0.722. The van der Waals surface area contributed by atoms with Crippen LogP contribution in [-0.4, -0.2) is 39.3 Å². The quantitative estimate of drug-likeness (QED) is 0.650. The van der Waals surface area contributed by atoms with Crippen molar-refractivity contribution in [2.75, 3.05) is 20.8 Å². The van der Waals surface area contributed by atoms with Crippen molar-refractivity contribution in [3.8, 4) is 23.0 Å². The third-order valence-electron chi connectivity index (χ3n) is 3.62. The van der Waals surface area contributed by atoms with Crippen LogP contribution >= 0.6 is 0 Å². The largest absolute Gasteiger partial charge is 0.497 e. The topological polar surface area (TPSA) is 95.1 Å². The number of halogens is 2. The maximum Gasteiger partial charge on any atom is 0.387 e. The van der Waals surface area contributed by atoms with Crippen LogP contribution in [0.2, 0.25) is 0 Å². The Labute approximate surface area is 165 Å². The summed E-state index contributed by atoms with van der Waals surface area (Å²) < 4.78 is 44.7. The van der Waals surface area contributed by atoms with Crippen molar-refractivity contribution in [1.29, 1.82) is 0 Å². The van der Waals surface area contributed by atoms with E-state index in [4.69, 9.17) is 14.2 Å². The van der Waals surface area contributed by atoms with E-state index in [-0.39, 0.29) is 29.2 Å². The van der Waals surface area contributed by atoms with Gasteiger partial charge in [0.25, 0.3) is 11.8 Å². The summed E-state index contributed by atoms with van der Waals surface area (Å²) in [4.78, 5) is 24.6. The first-order chi connectivity index (χ1) is 13.9. The number of amides is 2. The molecule has 2 rings (SSSR count). The van der Waals surface area contributed by atoms with Crippen LogP contribution < -0.4 is 29.8 Å². The van der Waals surface area contributed by atoms with Crippen molar-refractivity contribution in [2.24, 2.45) is 0 Å². The predicted octanol–water partition coefficient (Wildman–Crippen LogP) is 2.78. The van der Waals surface area contributed by atoms with E-state index >= 15 is 0 Å². The molecule has 0 aromatic heterocycles. The van der Waals surface area contributed by atoms with Crippen molar-refractivity contribution < 1.29 is 37.3 Å². The molecule has 0 aliphatic carbocycles. The highest BCUT2D eigenvalue weighted by atomic mass is 19.3. The van der Waals surface area contributed by atoms with Gasteiger partial charge in [-0.05, 0) is 37.3 Å². The third-order valence-corrected chi connectivity index (χ3v) is 3.62. The van der Waals surface area contributed by atoms with Gasteiger partial charge in [0.1, 0.15) is 11.5 Å². The van der Waals surface area contributed by atoms with Gasteiger partial charge in [-0.25, -0.2) is 0 Å². The van der Waals surface area contributed by atoms with Crippen molar-refractivity contribution in [3.05, 3.63) is 47.5 Å². The van der Waals surface area contributed by atoms with E-state index in [0.717, 1.165) is 0 Å². The fraction of sp³-hybridized carbons (Fsp3) is 0.263. The molecule has 0 saturated carbocycles. The summed E-state index contributed by atoms with van der Waals surface area (Å²) in [7, 11) is 2.88. The van der Waals surface area contributed by atoms with Crippen LogP contribution in [0.25, 0.3) is 0 Å². The highest BCUT2D eigenvalue weighted by Gasteiger charge is 2.16. The molecule has 29 heavy (non-hydrogen) atoms. The van der Waals surface area contributed by atoms with Crippen molar-refractivity contribution in [1.82, 2.24) is 10.9 Å². The number of hydrazine groups is 1. The Kier molecular flexibility index (Phi) is 7.58. The Balaban J connectivity index is 2.10. The summed E-state index contributed by atoms with van der Waals surface area (Å²) in [5.41, 5.74) is 4.75. The molecule has 0 aliphatic heterocycles. The van der Waals surface area contributed by atoms with Gasteiger partial charge >= 0.3 is 6.61 Å². The highest BCUT2D eigenvalue weighted by molar-refractivity contribution is 5.99. The Bertz CT molecular complexity index is 854. The minimum Gasteiger partial charge on any atom is -0.497 e. The molecular weight excluding hydrogens is 390 g/mol. The summed E-state index contributed by atoms with van der Waals surface area (Å²) >= 11 is 0. The number of hydrogen-bond acceptors (Lipinski definition) is 6. The second-order valence-electron chi connectivity index (χ2n) is 5.48. The van der Waals surface area contributed by atoms with E-state index in [1.165, 1.54) is 44.6 Å². The number of rotatable bonds is 8. The monoisotopic (exact) mass is 410 g/mol. The lowest BCUT2D eigenvalue weighted by molar-refractivity contribution is -0.0514. The molecule has 2 aromatic rings. The maximum atomic E-state index is 12.5. The van der Waals surface area contributed by atoms with Gasteiger partial charge in [-0.15, -0.1) is 0 Å². The minimum atomic E-state index is -3.03. The highest BCUT2D eigenvalue weighted by Crippen LogP contribution is 2.30. The fourth-order valence-corrected chi connectivity index (χ4v) is 2.31. The second-order valence-corrected chi connectivity index (χ2v) is 5.48. The number of hydrogen-bond donors (Lipinski definition) is 2. The minimum absolute atomic E-state index is 0.0238. The second kappa shape index (κ2) is 10.1. The Morgan fingerprint density at radius 1 is 0.897 bits per heavy atom. The molecule has 0 aliphatic rings. The van der Waals surface area contributed by atoms with Crippen LogP contribution in [0.5, 0.6) is 23.0 Å². The summed E-state index contributed by atoms with van der Waals surface area (Å²) in [6.07, 6.45) is 0. The van der Waals surface area contributed by atoms with Gasteiger partial charge in [-0.3, -0.25) is 20.4 Å². The standard InChI is InChI=1S/C19H20F2N2O6/c1-4-28-16-9-11(5-6-15(16)29-19(20)21)17(24)22-23-18(25)12-7-13(26-2)10-14(8-12)27-3/h5-10,19H,4H2,1-3H3,(H,22,24)(H,23,25). The normalized spacial score (nSPS) is 10.3. The lowest BCUT2D eigenvalue weighted by Crippen LogP contribution is -2.41. The average molecular weight is 410 g/mol. The Morgan fingerprint density at radius 3 is 2.00 bits per heavy atom. The van der Waals surface area contributed by atoms with Gasteiger partial charge in [-0.2, -0.15) is 8.78 Å². The molecule has 0 heterocycles. The van der Waals surface area contributed by atoms with E-state index in [1.54, 1.807) is 13.0 Å². The van der Waals surface area contributed by atoms with Crippen LogP contribution in [-0.2, 0) is 0 Å². The number of benzene rings is 2. The van der Waals surface area contributed by atoms with Crippen LogP contribution in [0.4, 0.5) is 8.78 Å². The lowest BCUT2D eigenvalue weighted by Gasteiger charge is -2.13. The predicted molar refractivity (Wildman–Crippen MR) is 98.7 cm³/mol. The number of ether oxygens (including phenoxy) is 4. The van der Waals surface area contributed by atoms with Gasteiger partial charge in [0.05, 0.1) is 20.8 Å². The van der Waals surface area contributed by atoms with Gasteiger partial charge in [0.15, 0.2) is 11.5 Å². The zero-order chi connectivity index (χ0) is 21.4. The van der Waals surface area contributed by atoms with Gasteiger partial charge in [0, 0.05) is 17.2 Å². The van der Waals surface area contributed by atoms with Crippen LogP contribution in [0.15, 0.2) is 36.4 Å². The first kappa shape index (κ1) is 21.7. The smallest absolute Gasteiger partial charge is 0.387 e. The van der Waals surface area contributed by atoms with E-state index < -0.39 is 18.4 Å². The van der Waals surface area contributed by atoms with Gasteiger partial charge in [-0.1, -0.05) is 0 Å². The first-order valence-corrected chi connectivity index (χ1v) is 8.43. The molecular formula is C19H20F2N2O6. The number of alkyl halides is 2. The number of carbonyl (C=O) groups is 2. The number of nitrogens with one attached hydrogen (secondary N) is 2. The van der Waals surface area contributed by atoms with Crippen molar-refractivity contribution in [2.45, 2.75) is 13.5 Å². The molecule has 156 valence electrons. The first-order valence-electron chi connectivity index (χ1n) is 8.43. The molecule has 2 amide bonds. The summed E-state index contributed by atoms with van der Waals surface area (Å²) in [6, 6.07) is 8.20. The SMILES string of the molecule is CCOc1cc(C(=O)NNC(=O)c2cc(OC)cc(OC)c2)ccc1OC(F)F. The third kappa shape index (κ3) is 5.96. The molecule has 2 aromatic carbocycles. The number of carbonyl (C=O) groups excluding carboxylic acids is 2. The molecule has 0 bridgehead atoms. The molecule has 2 N–H and O–H groups in total. The molecule has 0 unspecified atom stereocenters. The Hall–Kier alpha value is -3.56. The van der Waals surface area contributed by atoms with E-state index in [0.29, 0.717) is 11.5 Å². The lowest BCUT2D eigenvalue weighted by atomic mass is 10.2. The molecule has 0 fully saturated rings. The molecule has 0 radical (unpaired) electrons. The van der Waals surface area contributed by atoms with Crippen molar-refractivity contribution in [3.63, 3.8) is 0 Å². The van der Waals surface area contributed by atoms with Crippen molar-refractivity contribution >= 4 is 11.8 Å².